The number of methoxy groups -OCH3 is 1. The van der Waals surface area contributed by atoms with Gasteiger partial charge in [0.1, 0.15) is 0 Å². The molecule has 1 aromatic rings. The third-order valence-electron chi connectivity index (χ3n) is 1.96. The first-order chi connectivity index (χ1) is 8.58. The molecule has 0 aromatic heterocycles. The highest BCUT2D eigenvalue weighted by Gasteiger charge is 2.08. The van der Waals surface area contributed by atoms with Crippen LogP contribution in [0, 0.1) is 0 Å². The van der Waals surface area contributed by atoms with Crippen molar-refractivity contribution in [2.24, 2.45) is 10.8 Å². The molecule has 0 radical (unpaired) electrons. The van der Waals surface area contributed by atoms with Crippen LogP contribution in [0.5, 0.6) is 11.5 Å². The van der Waals surface area contributed by atoms with Crippen molar-refractivity contribution in [3.05, 3.63) is 22.2 Å². The fourth-order valence-corrected chi connectivity index (χ4v) is 1.67. The number of nitrogens with two attached hydrogens (primary N) is 1. The minimum atomic E-state index is -0.722. The second-order valence-corrected chi connectivity index (χ2v) is 4.05. The Kier molecular flexibility index (Phi) is 5.44. The number of carbonyl (C=O) groups is 1. The molecule has 0 bridgehead atoms. The van der Waals surface area contributed by atoms with Crippen molar-refractivity contribution in [2.75, 3.05) is 13.7 Å². The first-order valence-corrected chi connectivity index (χ1v) is 5.96. The van der Waals surface area contributed by atoms with Crippen LogP contribution >= 0.6 is 15.9 Å². The Labute approximate surface area is 113 Å². The molecule has 0 aliphatic heterocycles. The number of primary amides is 1. The van der Waals surface area contributed by atoms with Gasteiger partial charge in [0.25, 0.3) is 0 Å². The van der Waals surface area contributed by atoms with Crippen LogP contribution in [0.15, 0.2) is 21.7 Å². The van der Waals surface area contributed by atoms with Gasteiger partial charge in [0.15, 0.2) is 11.5 Å². The summed E-state index contributed by atoms with van der Waals surface area (Å²) in [6.07, 6.45) is 1.45. The Morgan fingerprint density at radius 2 is 2.28 bits per heavy atom. The number of benzene rings is 1. The molecule has 18 heavy (non-hydrogen) atoms. The molecule has 0 spiro atoms. The van der Waals surface area contributed by atoms with Crippen molar-refractivity contribution in [3.63, 3.8) is 0 Å². The van der Waals surface area contributed by atoms with E-state index in [1.807, 2.05) is 6.92 Å². The van der Waals surface area contributed by atoms with Crippen molar-refractivity contribution >= 4 is 28.2 Å². The van der Waals surface area contributed by atoms with E-state index in [0.29, 0.717) is 18.1 Å². The Balaban J connectivity index is 2.99. The van der Waals surface area contributed by atoms with E-state index in [1.165, 1.54) is 6.21 Å². The number of halogens is 1. The number of urea groups is 1. The Morgan fingerprint density at radius 1 is 1.56 bits per heavy atom. The predicted octanol–water partition coefficient (Wildman–Crippen LogP) is 1.86. The summed E-state index contributed by atoms with van der Waals surface area (Å²) >= 11 is 3.38. The molecule has 0 saturated carbocycles. The van der Waals surface area contributed by atoms with Crippen LogP contribution in [0.1, 0.15) is 12.5 Å². The van der Waals surface area contributed by atoms with Gasteiger partial charge in [0.05, 0.1) is 19.9 Å². The van der Waals surface area contributed by atoms with Crippen molar-refractivity contribution in [1.82, 2.24) is 5.43 Å². The summed E-state index contributed by atoms with van der Waals surface area (Å²) < 4.78 is 11.4. The van der Waals surface area contributed by atoms with Crippen LogP contribution in [0.4, 0.5) is 4.79 Å². The number of amides is 2. The summed E-state index contributed by atoms with van der Waals surface area (Å²) in [6.45, 7) is 2.43. The van der Waals surface area contributed by atoms with E-state index in [9.17, 15) is 4.79 Å². The number of hydrogen-bond acceptors (Lipinski definition) is 4. The molecule has 0 unspecified atom stereocenters. The third-order valence-corrected chi connectivity index (χ3v) is 2.65. The topological polar surface area (TPSA) is 85.9 Å². The average molecular weight is 316 g/mol. The number of hydrazone groups is 1. The minimum Gasteiger partial charge on any atom is -0.493 e. The highest BCUT2D eigenvalue weighted by atomic mass is 79.9. The van der Waals surface area contributed by atoms with Gasteiger partial charge in [-0.2, -0.15) is 5.10 Å². The van der Waals surface area contributed by atoms with E-state index in [1.54, 1.807) is 19.2 Å². The van der Waals surface area contributed by atoms with Gasteiger partial charge in [-0.15, -0.1) is 0 Å². The fraction of sp³-hybridized carbons (Fsp3) is 0.273. The van der Waals surface area contributed by atoms with E-state index in [4.69, 9.17) is 15.2 Å². The highest BCUT2D eigenvalue weighted by molar-refractivity contribution is 9.10. The highest BCUT2D eigenvalue weighted by Crippen LogP contribution is 2.32. The van der Waals surface area contributed by atoms with E-state index in [0.717, 1.165) is 10.0 Å². The zero-order valence-electron chi connectivity index (χ0n) is 10.1. The normalized spacial score (nSPS) is 10.4. The first-order valence-electron chi connectivity index (χ1n) is 5.17. The molecule has 98 valence electrons. The molecule has 7 heteroatoms. The lowest BCUT2D eigenvalue weighted by atomic mass is 10.2. The van der Waals surface area contributed by atoms with Gasteiger partial charge in [-0.05, 0) is 35.0 Å². The monoisotopic (exact) mass is 315 g/mol. The molecule has 0 saturated heterocycles. The van der Waals surface area contributed by atoms with Crippen molar-refractivity contribution in [1.29, 1.82) is 0 Å². The van der Waals surface area contributed by atoms with Crippen molar-refractivity contribution in [3.8, 4) is 11.5 Å². The molecule has 0 aliphatic rings. The number of carbonyl (C=O) groups excluding carboxylic acids is 1. The van der Waals surface area contributed by atoms with Gasteiger partial charge in [-0.25, -0.2) is 10.2 Å². The molecule has 0 atom stereocenters. The summed E-state index contributed by atoms with van der Waals surface area (Å²) in [7, 11) is 1.55. The van der Waals surface area contributed by atoms with Crippen LogP contribution in [-0.2, 0) is 0 Å². The maximum absolute atomic E-state index is 10.5. The summed E-state index contributed by atoms with van der Waals surface area (Å²) in [4.78, 5) is 10.5. The maximum Gasteiger partial charge on any atom is 0.332 e. The smallest absolute Gasteiger partial charge is 0.332 e. The number of ether oxygens (including phenoxy) is 2. The number of nitrogens with one attached hydrogen (secondary N) is 1. The zero-order valence-corrected chi connectivity index (χ0v) is 11.7. The Bertz CT molecular complexity index is 463. The maximum atomic E-state index is 10.5. The average Bonchev–Trinajstić information content (AvgIpc) is 2.32. The second kappa shape index (κ2) is 6.85. The molecule has 0 fully saturated rings. The molecule has 0 heterocycles. The summed E-state index contributed by atoms with van der Waals surface area (Å²) in [5.41, 5.74) is 7.73. The number of rotatable bonds is 5. The zero-order chi connectivity index (χ0) is 13.5. The lowest BCUT2D eigenvalue weighted by Gasteiger charge is -2.11. The first kappa shape index (κ1) is 14.3. The van der Waals surface area contributed by atoms with Crippen LogP contribution in [0.3, 0.4) is 0 Å². The Morgan fingerprint density at radius 3 is 2.83 bits per heavy atom. The van der Waals surface area contributed by atoms with Gasteiger partial charge in [-0.1, -0.05) is 0 Å². The van der Waals surface area contributed by atoms with Gasteiger partial charge in [-0.3, -0.25) is 0 Å². The molecular weight excluding hydrogens is 302 g/mol. The van der Waals surface area contributed by atoms with Gasteiger partial charge in [0.2, 0.25) is 0 Å². The molecule has 1 rings (SSSR count). The molecular formula is C11H14BrN3O3. The van der Waals surface area contributed by atoms with Gasteiger partial charge >= 0.3 is 6.03 Å². The molecule has 0 aliphatic carbocycles. The molecule has 2 amide bonds. The SMILES string of the molecule is CCOc1cc(Br)c(C=NNC(N)=O)cc1OC. The van der Waals surface area contributed by atoms with E-state index < -0.39 is 6.03 Å². The number of hydrogen-bond donors (Lipinski definition) is 2. The van der Waals surface area contributed by atoms with E-state index in [2.05, 4.69) is 26.5 Å². The summed E-state index contributed by atoms with van der Waals surface area (Å²) in [5, 5.41) is 3.68. The molecule has 6 nitrogen and oxygen atoms in total. The van der Waals surface area contributed by atoms with Crippen LogP contribution in [0.2, 0.25) is 0 Å². The third kappa shape index (κ3) is 3.92. The lowest BCUT2D eigenvalue weighted by molar-refractivity contribution is 0.249. The van der Waals surface area contributed by atoms with Crippen LogP contribution < -0.4 is 20.6 Å². The Hall–Kier alpha value is -1.76. The summed E-state index contributed by atoms with van der Waals surface area (Å²) in [5.74, 6) is 1.22. The standard InChI is InChI=1S/C11H14BrN3O3/c1-3-18-10-5-8(12)7(4-9(10)17-2)6-14-15-11(13)16/h4-6H,3H2,1-2H3,(H3,13,15,16). The number of nitrogens with zero attached hydrogens (tertiary/aromatic N) is 1. The minimum absolute atomic E-state index is 0.541. The van der Waals surface area contributed by atoms with E-state index >= 15 is 0 Å². The second-order valence-electron chi connectivity index (χ2n) is 3.19. The quantitative estimate of drug-likeness (QED) is 0.642. The predicted molar refractivity (Wildman–Crippen MR) is 72.2 cm³/mol. The van der Waals surface area contributed by atoms with Crippen molar-refractivity contribution in [2.45, 2.75) is 6.92 Å². The lowest BCUT2D eigenvalue weighted by Crippen LogP contribution is -2.24. The molecule has 1 aromatic carbocycles. The molecule has 3 N–H and O–H groups in total. The van der Waals surface area contributed by atoms with E-state index in [-0.39, 0.29) is 0 Å². The van der Waals surface area contributed by atoms with Crippen LogP contribution in [-0.4, -0.2) is 26.0 Å². The van der Waals surface area contributed by atoms with Gasteiger partial charge in [0, 0.05) is 10.0 Å². The van der Waals surface area contributed by atoms with Gasteiger partial charge < -0.3 is 15.2 Å². The van der Waals surface area contributed by atoms with Crippen molar-refractivity contribution < 1.29 is 14.3 Å². The largest absolute Gasteiger partial charge is 0.493 e. The summed E-state index contributed by atoms with van der Waals surface area (Å²) in [6, 6.07) is 2.79. The van der Waals surface area contributed by atoms with Crippen LogP contribution in [0.25, 0.3) is 0 Å². The fourth-order valence-electron chi connectivity index (χ4n) is 1.24.